The fraction of sp³-hybridized carbons (Fsp3) is 0.130. The zero-order valence-corrected chi connectivity index (χ0v) is 75.3. The van der Waals surface area contributed by atoms with Crippen LogP contribution in [0.15, 0.2) is 426 Å². The van der Waals surface area contributed by atoms with Crippen LogP contribution in [0.4, 0.5) is 0 Å². The van der Waals surface area contributed by atoms with E-state index in [1.807, 2.05) is 237 Å². The van der Waals surface area contributed by atoms with Gasteiger partial charge >= 0.3 is 0 Å². The zero-order valence-electron chi connectivity index (χ0n) is 75.3. The van der Waals surface area contributed by atoms with Gasteiger partial charge in [0.2, 0.25) is 0 Å². The third-order valence-corrected chi connectivity index (χ3v) is 19.5. The molecule has 0 bridgehead atoms. The van der Waals surface area contributed by atoms with E-state index in [0.717, 1.165) is 60.7 Å². The summed E-state index contributed by atoms with van der Waals surface area (Å²) in [5.74, 6) is 0. The Bertz CT molecular complexity index is 5790. The van der Waals surface area contributed by atoms with Crippen LogP contribution in [0.2, 0.25) is 0 Å². The summed E-state index contributed by atoms with van der Waals surface area (Å²) in [7, 11) is 2.12. The summed E-state index contributed by atoms with van der Waals surface area (Å²) < 4.78 is 2.24. The molecule has 11 heteroatoms. The Morgan fingerprint density at radius 1 is 0.175 bits per heavy atom. The highest BCUT2D eigenvalue weighted by Gasteiger charge is 2.13. The fourth-order valence-corrected chi connectivity index (χ4v) is 14.4. The van der Waals surface area contributed by atoms with Crippen molar-refractivity contribution in [2.24, 2.45) is 7.05 Å². The molecule has 23 aromatic rings. The van der Waals surface area contributed by atoms with E-state index in [1.54, 1.807) is 49.7 Å². The van der Waals surface area contributed by atoms with Crippen molar-refractivity contribution < 1.29 is 0 Å². The lowest BCUT2D eigenvalue weighted by molar-refractivity contribution is 1.01. The highest BCUT2D eigenvalue weighted by atomic mass is 14.9. The highest BCUT2D eigenvalue weighted by molar-refractivity contribution is 6.26. The summed E-state index contributed by atoms with van der Waals surface area (Å²) in [4.78, 5) is 42.9. The van der Waals surface area contributed by atoms with E-state index in [1.165, 1.54) is 103 Å². The number of fused-ring (bicyclic) bond motifs is 24. The number of hydrogen-bond donors (Lipinski definition) is 0. The summed E-state index contributed by atoms with van der Waals surface area (Å²) in [6.45, 7) is 28.0. The molecule has 126 heavy (non-hydrogen) atoms. The quantitative estimate of drug-likeness (QED) is 0.154. The van der Waals surface area contributed by atoms with Gasteiger partial charge in [-0.15, -0.1) is 0 Å². The second kappa shape index (κ2) is 52.2. The first-order valence-electron chi connectivity index (χ1n) is 44.0. The molecule has 0 spiro atoms. The maximum absolute atomic E-state index is 4.56. The van der Waals surface area contributed by atoms with Gasteiger partial charge in [-0.3, -0.25) is 39.9 Å². The van der Waals surface area contributed by atoms with E-state index in [9.17, 15) is 0 Å². The smallest absolute Gasteiger partial charge is 0.116 e. The molecule has 0 saturated carbocycles. The lowest BCUT2D eigenvalue weighted by Crippen LogP contribution is -1.87. The van der Waals surface area contributed by atoms with Crippen LogP contribution >= 0.6 is 0 Å². The van der Waals surface area contributed by atoms with Crippen LogP contribution in [0.3, 0.4) is 0 Å². The molecule has 0 fully saturated rings. The number of benzene rings is 15. The molecular formula is C115H115N11. The molecule has 0 N–H and O–H groups in total. The van der Waals surface area contributed by atoms with Gasteiger partial charge in [0.05, 0.1) is 38.8 Å². The van der Waals surface area contributed by atoms with Crippen LogP contribution < -0.4 is 0 Å². The monoisotopic (exact) mass is 1650 g/mol. The molecule has 0 radical (unpaired) electrons. The van der Waals surface area contributed by atoms with Crippen molar-refractivity contribution in [2.45, 2.75) is 96.9 Å². The van der Waals surface area contributed by atoms with Crippen molar-refractivity contribution in [3.63, 3.8) is 0 Å². The van der Waals surface area contributed by atoms with Gasteiger partial charge in [0, 0.05) is 140 Å². The molecule has 0 saturated heterocycles. The topological polar surface area (TPSA) is 134 Å². The average molecular weight is 1650 g/mol. The predicted octanol–water partition coefficient (Wildman–Crippen LogP) is 32.3. The molecule has 0 aliphatic carbocycles. The normalized spacial score (nSPS) is 9.87. The largest absolute Gasteiger partial charge is 0.344 e. The summed E-state index contributed by atoms with van der Waals surface area (Å²) >= 11 is 0. The Morgan fingerprint density at radius 2 is 0.492 bits per heavy atom. The molecular weight excluding hydrogens is 1540 g/mol. The first-order valence-corrected chi connectivity index (χ1v) is 44.0. The summed E-state index contributed by atoms with van der Waals surface area (Å²) in [6, 6.07) is 120. The van der Waals surface area contributed by atoms with E-state index in [0.29, 0.717) is 0 Å². The number of nitrogens with zero attached hydrogens (tertiary/aromatic N) is 11. The Labute approximate surface area is 743 Å². The maximum Gasteiger partial charge on any atom is 0.116 e. The SMILES string of the molecule is CC.CC.CC.CC.CC.CC.CC.Cn1c2ccccc2c2ccccc21.c1ccc(-c2ccccn2)cc1.c1ccc(-c2cccnc2)cc1.c1ccc2c(c1)c1ccccc1c1ncccc21.c1ccc2c(c1)c1ccccc1c1nccnc21.c1ccc2c(c1)c1ccccc1c1ncncc21.c1ccc2c(c1)ccc1nccnc12.c1ccncc1. The minimum Gasteiger partial charge on any atom is -0.344 e. The number of aromatic nitrogens is 11. The minimum atomic E-state index is 0.950. The molecule has 0 unspecified atom stereocenters. The molecule has 0 aliphatic rings. The van der Waals surface area contributed by atoms with Crippen molar-refractivity contribution >= 4 is 141 Å². The van der Waals surface area contributed by atoms with Crippen molar-refractivity contribution in [1.82, 2.24) is 54.4 Å². The van der Waals surface area contributed by atoms with E-state index < -0.39 is 0 Å². The van der Waals surface area contributed by atoms with Gasteiger partial charge in [-0.25, -0.2) is 9.97 Å². The standard InChI is InChI=1S/C17H11N.2C16H10N2.C13H11N.C12H8N2.2C11H9N.C5H5N.7C2H6/c1-2-7-14-12(6-1)13-8-3-4-9-15(13)17-16(14)10-5-11-18-17;1-3-7-13-11(5-1)12-6-2-4-8-14(12)16-15(13)17-9-10-18-16;1-2-7-13-11(5-1)12-6-3-4-8-14(12)16-15(13)9-17-10-18-16;1-14-12-8-4-2-6-10(12)11-7-3-5-9-13(11)14;1-2-4-10-9(3-1)5-6-11-12(10)14-8-7-13-11;1-2-6-10(7-3-1)11-8-4-5-9-12-11;1-2-5-10(6-3-1)11-7-4-8-12-9-11;1-2-4-6-5-3-1;7*1-2/h1-11H;2*1-10H;2-9H,1H3;1-8H;2*1-9H;1-5H;7*1-2H3. The second-order valence-electron chi connectivity index (χ2n) is 26.2. The third-order valence-electron chi connectivity index (χ3n) is 19.5. The summed E-state index contributed by atoms with van der Waals surface area (Å²) in [5.41, 5.74) is 13.2. The molecule has 8 heterocycles. The van der Waals surface area contributed by atoms with Gasteiger partial charge < -0.3 is 4.57 Å². The molecule has 8 aromatic heterocycles. The molecule has 15 aromatic carbocycles. The number of pyridine rings is 4. The fourth-order valence-electron chi connectivity index (χ4n) is 14.4. The van der Waals surface area contributed by atoms with E-state index in [-0.39, 0.29) is 0 Å². The Hall–Kier alpha value is -15.2. The number of para-hydroxylation sites is 2. The van der Waals surface area contributed by atoms with Gasteiger partial charge in [0.1, 0.15) is 6.33 Å². The molecule has 0 atom stereocenters. The van der Waals surface area contributed by atoms with Gasteiger partial charge in [-0.2, -0.15) is 0 Å². The number of hydrogen-bond acceptors (Lipinski definition) is 10. The van der Waals surface area contributed by atoms with Crippen LogP contribution in [0.1, 0.15) is 96.9 Å². The average Bonchev–Trinajstić information content (AvgIpc) is 1.07. The second-order valence-corrected chi connectivity index (χ2v) is 26.2. The first kappa shape index (κ1) is 94.6. The van der Waals surface area contributed by atoms with Crippen LogP contribution in [-0.2, 0) is 7.05 Å². The Balaban J connectivity index is 0.000000161. The third kappa shape index (κ3) is 23.7. The molecule has 23 rings (SSSR count). The van der Waals surface area contributed by atoms with Crippen molar-refractivity contribution in [1.29, 1.82) is 0 Å². The van der Waals surface area contributed by atoms with Crippen LogP contribution in [0.5, 0.6) is 0 Å². The number of aryl methyl sites for hydroxylation is 1. The van der Waals surface area contributed by atoms with Crippen molar-refractivity contribution in [3.05, 3.63) is 426 Å². The zero-order chi connectivity index (χ0) is 89.5. The van der Waals surface area contributed by atoms with Crippen LogP contribution in [-0.4, -0.2) is 54.4 Å². The first-order chi connectivity index (χ1) is 62.6. The highest BCUT2D eigenvalue weighted by Crippen LogP contribution is 2.37. The van der Waals surface area contributed by atoms with E-state index in [2.05, 4.69) is 298 Å². The van der Waals surface area contributed by atoms with Crippen molar-refractivity contribution in [3.8, 4) is 22.4 Å². The molecule has 0 aliphatic heterocycles. The van der Waals surface area contributed by atoms with Crippen LogP contribution in [0, 0.1) is 0 Å². The molecule has 0 amide bonds. The summed E-state index contributed by atoms with van der Waals surface area (Å²) in [5, 5.41) is 22.2. The van der Waals surface area contributed by atoms with Gasteiger partial charge in [0.15, 0.2) is 0 Å². The minimum absolute atomic E-state index is 0.950. The lowest BCUT2D eigenvalue weighted by Gasteiger charge is -2.08. The molecule has 630 valence electrons. The Morgan fingerprint density at radius 3 is 0.929 bits per heavy atom. The number of rotatable bonds is 2. The van der Waals surface area contributed by atoms with Gasteiger partial charge in [-0.1, -0.05) is 394 Å². The van der Waals surface area contributed by atoms with Crippen molar-refractivity contribution in [2.75, 3.05) is 0 Å². The van der Waals surface area contributed by atoms with Gasteiger partial charge in [-0.05, 0) is 114 Å². The predicted molar refractivity (Wildman–Crippen MR) is 546 cm³/mol. The van der Waals surface area contributed by atoms with E-state index >= 15 is 0 Å². The lowest BCUT2D eigenvalue weighted by atomic mass is 9.97. The maximum atomic E-state index is 4.56. The van der Waals surface area contributed by atoms with E-state index in [4.69, 9.17) is 0 Å². The molecule has 11 nitrogen and oxygen atoms in total. The Kier molecular flexibility index (Phi) is 39.2. The van der Waals surface area contributed by atoms with Gasteiger partial charge in [0.25, 0.3) is 0 Å². The van der Waals surface area contributed by atoms with Crippen LogP contribution in [0.25, 0.3) is 163 Å². The summed E-state index contributed by atoms with van der Waals surface area (Å²) in [6.07, 6.45) is 21.3.